The van der Waals surface area contributed by atoms with Crippen molar-refractivity contribution in [2.75, 3.05) is 23.3 Å². The number of pyridine rings is 1. The Labute approximate surface area is 149 Å². The molecule has 1 aromatic carbocycles. The van der Waals surface area contributed by atoms with E-state index in [0.717, 1.165) is 25.9 Å². The maximum absolute atomic E-state index is 12.2. The fourth-order valence-electron chi connectivity index (χ4n) is 3.08. The first kappa shape index (κ1) is 17.3. The predicted octanol–water partition coefficient (Wildman–Crippen LogP) is 3.73. The zero-order chi connectivity index (χ0) is 17.6. The van der Waals surface area contributed by atoms with Gasteiger partial charge in [-0.3, -0.25) is 0 Å². The Morgan fingerprint density at radius 1 is 1.16 bits per heavy atom. The highest BCUT2D eigenvalue weighted by Crippen LogP contribution is 2.23. The Morgan fingerprint density at radius 3 is 2.56 bits per heavy atom. The summed E-state index contributed by atoms with van der Waals surface area (Å²) in [5.74, 6) is 0.290. The number of nitrogens with one attached hydrogen (secondary N) is 1. The Hall–Kier alpha value is -2.56. The number of nitrogens with zero attached hydrogens (tertiary/aromatic N) is 2. The van der Waals surface area contributed by atoms with Gasteiger partial charge in [0, 0.05) is 31.0 Å². The molecule has 1 fully saturated rings. The van der Waals surface area contributed by atoms with Gasteiger partial charge in [-0.2, -0.15) is 0 Å². The highest BCUT2D eigenvalue weighted by atomic mass is 16.5. The Balaban J connectivity index is 1.62. The number of anilines is 2. The lowest BCUT2D eigenvalue weighted by Gasteiger charge is -2.34. The minimum Gasteiger partial charge on any atom is -0.459 e. The molecule has 25 heavy (non-hydrogen) atoms. The van der Waals surface area contributed by atoms with Gasteiger partial charge in [-0.15, -0.1) is 0 Å². The lowest BCUT2D eigenvalue weighted by molar-refractivity contribution is 0.0378. The summed E-state index contributed by atoms with van der Waals surface area (Å²) in [6.45, 7) is 5.67. The first-order valence-corrected chi connectivity index (χ1v) is 8.86. The van der Waals surface area contributed by atoms with Crippen molar-refractivity contribution in [3.8, 4) is 0 Å². The first-order chi connectivity index (χ1) is 12.1. The molecule has 1 aliphatic rings. The van der Waals surface area contributed by atoms with Crippen molar-refractivity contribution >= 4 is 17.5 Å². The second-order valence-electron chi connectivity index (χ2n) is 6.59. The summed E-state index contributed by atoms with van der Waals surface area (Å²) in [6, 6.07) is 14.3. The number of ether oxygens (including phenoxy) is 1. The van der Waals surface area contributed by atoms with Crippen LogP contribution in [0.2, 0.25) is 0 Å². The zero-order valence-electron chi connectivity index (χ0n) is 14.8. The van der Waals surface area contributed by atoms with Gasteiger partial charge < -0.3 is 15.0 Å². The second-order valence-corrected chi connectivity index (χ2v) is 6.59. The van der Waals surface area contributed by atoms with Gasteiger partial charge >= 0.3 is 5.97 Å². The molecule has 0 aliphatic carbocycles. The summed E-state index contributed by atoms with van der Waals surface area (Å²) in [6.07, 6.45) is 3.57. The van der Waals surface area contributed by atoms with E-state index in [9.17, 15) is 4.79 Å². The summed E-state index contributed by atoms with van der Waals surface area (Å²) in [4.78, 5) is 19.0. The maximum Gasteiger partial charge on any atom is 0.342 e. The van der Waals surface area contributed by atoms with Crippen LogP contribution in [0.5, 0.6) is 0 Å². The van der Waals surface area contributed by atoms with E-state index in [1.165, 1.54) is 5.69 Å². The fourth-order valence-corrected chi connectivity index (χ4v) is 3.08. The topological polar surface area (TPSA) is 54.5 Å². The number of aromatic nitrogens is 1. The number of esters is 1. The molecule has 1 N–H and O–H groups in total. The molecule has 3 rings (SSSR count). The van der Waals surface area contributed by atoms with Crippen LogP contribution >= 0.6 is 0 Å². The van der Waals surface area contributed by atoms with Gasteiger partial charge in [-0.1, -0.05) is 18.2 Å². The van der Waals surface area contributed by atoms with Crippen LogP contribution in [-0.2, 0) is 4.74 Å². The van der Waals surface area contributed by atoms with Gasteiger partial charge in [0.1, 0.15) is 11.4 Å². The van der Waals surface area contributed by atoms with Crippen LogP contribution in [0.25, 0.3) is 0 Å². The normalized spacial score (nSPS) is 15.2. The van der Waals surface area contributed by atoms with Crippen LogP contribution in [0.15, 0.2) is 48.7 Å². The Bertz CT molecular complexity index is 695. The smallest absolute Gasteiger partial charge is 0.342 e. The third kappa shape index (κ3) is 4.50. The molecular weight excluding hydrogens is 314 g/mol. The standard InChI is InChI=1S/C20H25N3O2/c1-15(2)25-20(24)18-9-6-12-21-19(18)22-16-10-13-23(14-11-16)17-7-4-3-5-8-17/h3-9,12,15-16H,10-11,13-14H2,1-2H3,(H,21,22). The lowest BCUT2D eigenvalue weighted by atomic mass is 10.0. The van der Waals surface area contributed by atoms with Gasteiger partial charge in [0.15, 0.2) is 0 Å². The molecule has 2 aromatic rings. The number of piperidine rings is 1. The quantitative estimate of drug-likeness (QED) is 0.841. The van der Waals surface area contributed by atoms with Crippen molar-refractivity contribution in [1.29, 1.82) is 0 Å². The van der Waals surface area contributed by atoms with Crippen LogP contribution in [-0.4, -0.2) is 36.2 Å². The van der Waals surface area contributed by atoms with E-state index in [4.69, 9.17) is 4.74 Å². The summed E-state index contributed by atoms with van der Waals surface area (Å²) < 4.78 is 5.31. The van der Waals surface area contributed by atoms with Crippen molar-refractivity contribution < 1.29 is 9.53 Å². The van der Waals surface area contributed by atoms with Gasteiger partial charge in [0.25, 0.3) is 0 Å². The van der Waals surface area contributed by atoms with E-state index in [2.05, 4.69) is 39.5 Å². The van der Waals surface area contributed by atoms with E-state index >= 15 is 0 Å². The highest BCUT2D eigenvalue weighted by molar-refractivity contribution is 5.94. The largest absolute Gasteiger partial charge is 0.459 e. The van der Waals surface area contributed by atoms with Crippen molar-refractivity contribution in [3.05, 3.63) is 54.2 Å². The van der Waals surface area contributed by atoms with Crippen LogP contribution in [0.3, 0.4) is 0 Å². The van der Waals surface area contributed by atoms with Gasteiger partial charge in [0.05, 0.1) is 6.10 Å². The molecular formula is C20H25N3O2. The summed E-state index contributed by atoms with van der Waals surface area (Å²) >= 11 is 0. The maximum atomic E-state index is 12.2. The minimum absolute atomic E-state index is 0.144. The van der Waals surface area contributed by atoms with Gasteiger partial charge in [0.2, 0.25) is 0 Å². The SMILES string of the molecule is CC(C)OC(=O)c1cccnc1NC1CCN(c2ccccc2)CC1. The Morgan fingerprint density at radius 2 is 1.88 bits per heavy atom. The summed E-state index contributed by atoms with van der Waals surface area (Å²) in [7, 11) is 0. The lowest BCUT2D eigenvalue weighted by Crippen LogP contribution is -2.39. The molecule has 1 saturated heterocycles. The molecule has 1 aliphatic heterocycles. The van der Waals surface area contributed by atoms with Crippen molar-refractivity contribution in [3.63, 3.8) is 0 Å². The summed E-state index contributed by atoms with van der Waals surface area (Å²) in [5.41, 5.74) is 1.77. The molecule has 0 amide bonds. The first-order valence-electron chi connectivity index (χ1n) is 8.86. The predicted molar refractivity (Wildman–Crippen MR) is 100 cm³/mol. The average molecular weight is 339 g/mol. The molecule has 5 heteroatoms. The number of carbonyl (C=O) groups excluding carboxylic acids is 1. The van der Waals surface area contributed by atoms with Crippen LogP contribution in [0.4, 0.5) is 11.5 Å². The van der Waals surface area contributed by atoms with E-state index in [1.807, 2.05) is 19.9 Å². The molecule has 2 heterocycles. The number of carbonyl (C=O) groups is 1. The number of para-hydroxylation sites is 1. The van der Waals surface area contributed by atoms with Crippen molar-refractivity contribution in [1.82, 2.24) is 4.98 Å². The number of hydrogen-bond acceptors (Lipinski definition) is 5. The van der Waals surface area contributed by atoms with E-state index < -0.39 is 0 Å². The third-order valence-corrected chi connectivity index (χ3v) is 4.33. The van der Waals surface area contributed by atoms with Gasteiger partial charge in [-0.25, -0.2) is 9.78 Å². The molecule has 132 valence electrons. The van der Waals surface area contributed by atoms with Crippen LogP contribution in [0, 0.1) is 0 Å². The van der Waals surface area contributed by atoms with Gasteiger partial charge in [-0.05, 0) is 51.0 Å². The fraction of sp³-hybridized carbons (Fsp3) is 0.400. The van der Waals surface area contributed by atoms with Crippen molar-refractivity contribution in [2.24, 2.45) is 0 Å². The monoisotopic (exact) mass is 339 g/mol. The summed E-state index contributed by atoms with van der Waals surface area (Å²) in [5, 5.41) is 3.44. The molecule has 0 bridgehead atoms. The zero-order valence-corrected chi connectivity index (χ0v) is 14.8. The molecule has 0 radical (unpaired) electrons. The number of rotatable bonds is 5. The highest BCUT2D eigenvalue weighted by Gasteiger charge is 2.22. The second kappa shape index (κ2) is 8.01. The molecule has 0 spiro atoms. The van der Waals surface area contributed by atoms with E-state index in [-0.39, 0.29) is 12.1 Å². The molecule has 0 atom stereocenters. The van der Waals surface area contributed by atoms with E-state index in [0.29, 0.717) is 17.4 Å². The third-order valence-electron chi connectivity index (χ3n) is 4.33. The Kier molecular flexibility index (Phi) is 5.53. The molecule has 5 nitrogen and oxygen atoms in total. The molecule has 0 unspecified atom stereocenters. The average Bonchev–Trinajstić information content (AvgIpc) is 2.63. The number of hydrogen-bond donors (Lipinski definition) is 1. The number of benzene rings is 1. The van der Waals surface area contributed by atoms with Crippen molar-refractivity contribution in [2.45, 2.75) is 38.8 Å². The van der Waals surface area contributed by atoms with Crippen LogP contribution in [0.1, 0.15) is 37.0 Å². The van der Waals surface area contributed by atoms with Crippen LogP contribution < -0.4 is 10.2 Å². The molecule has 0 saturated carbocycles. The minimum atomic E-state index is -0.327. The molecule has 1 aromatic heterocycles. The van der Waals surface area contributed by atoms with E-state index in [1.54, 1.807) is 18.3 Å².